The smallest absolute Gasteiger partial charge is 0.277 e. The molecule has 0 aliphatic carbocycles. The number of ether oxygens (including phenoxy) is 1. The van der Waals surface area contributed by atoms with Crippen LogP contribution in [-0.4, -0.2) is 61.7 Å². The first kappa shape index (κ1) is 22.0. The molecule has 4 aromatic rings. The van der Waals surface area contributed by atoms with E-state index in [1.165, 1.54) is 16.8 Å². The molecule has 1 amide bonds. The fraction of sp³-hybridized carbons (Fsp3) is 0.261. The molecule has 1 aromatic carbocycles. The third-order valence-electron chi connectivity index (χ3n) is 5.48. The van der Waals surface area contributed by atoms with Gasteiger partial charge in [0.05, 0.1) is 31.6 Å². The monoisotopic (exact) mass is 465 g/mol. The highest BCUT2D eigenvalue weighted by atomic mass is 19.3. The number of anilines is 1. The Bertz CT molecular complexity index is 1320. The number of imidazole rings is 1. The molecule has 1 N–H and O–H groups in total. The minimum atomic E-state index is -2.65. The number of hydrogen-bond acceptors (Lipinski definition) is 7. The molecule has 0 radical (unpaired) electrons. The summed E-state index contributed by atoms with van der Waals surface area (Å²) < 4.78 is 33.6. The third-order valence-corrected chi connectivity index (χ3v) is 5.48. The van der Waals surface area contributed by atoms with E-state index in [1.54, 1.807) is 42.6 Å². The van der Waals surface area contributed by atoms with Crippen LogP contribution >= 0.6 is 0 Å². The SMILES string of the molecule is O=C(Nc1ccnc(CN2CCOCC2)n1)c1cnc2ccc(-c3ccccc3C(F)F)nn12. The molecule has 4 heterocycles. The van der Waals surface area contributed by atoms with E-state index in [9.17, 15) is 13.6 Å². The van der Waals surface area contributed by atoms with Crippen molar-refractivity contribution < 1.29 is 18.3 Å². The zero-order valence-corrected chi connectivity index (χ0v) is 18.1. The van der Waals surface area contributed by atoms with Crippen molar-refractivity contribution in [3.8, 4) is 11.3 Å². The summed E-state index contributed by atoms with van der Waals surface area (Å²) >= 11 is 0. The standard InChI is InChI=1S/C23H21F2N7O2/c24-22(25)16-4-2-1-3-15(16)17-5-6-21-27-13-18(32(21)30-17)23(33)29-19-7-8-26-20(28-19)14-31-9-11-34-12-10-31/h1-8,13,22H,9-12,14H2,(H,26,28,29,33). The van der Waals surface area contributed by atoms with Gasteiger partial charge in [-0.2, -0.15) is 5.10 Å². The first-order valence-electron chi connectivity index (χ1n) is 10.7. The molecule has 0 bridgehead atoms. The molecule has 1 fully saturated rings. The molecule has 9 nitrogen and oxygen atoms in total. The van der Waals surface area contributed by atoms with Crippen molar-refractivity contribution in [1.82, 2.24) is 29.5 Å². The van der Waals surface area contributed by atoms with Gasteiger partial charge in [0.1, 0.15) is 11.6 Å². The number of carbonyl (C=O) groups excluding carboxylic acids is 1. The second-order valence-electron chi connectivity index (χ2n) is 7.72. The maximum Gasteiger partial charge on any atom is 0.277 e. The molecule has 3 aromatic heterocycles. The Morgan fingerprint density at radius 1 is 1.09 bits per heavy atom. The van der Waals surface area contributed by atoms with Gasteiger partial charge in [0.2, 0.25) is 0 Å². The van der Waals surface area contributed by atoms with Crippen LogP contribution in [0.25, 0.3) is 16.9 Å². The summed E-state index contributed by atoms with van der Waals surface area (Å²) in [5, 5.41) is 7.16. The van der Waals surface area contributed by atoms with Crippen molar-refractivity contribution in [2.75, 3.05) is 31.6 Å². The van der Waals surface area contributed by atoms with E-state index >= 15 is 0 Å². The summed E-state index contributed by atoms with van der Waals surface area (Å²) in [6.07, 6.45) is 0.324. The fourth-order valence-electron chi connectivity index (χ4n) is 3.78. The molecule has 1 aliphatic heterocycles. The zero-order valence-electron chi connectivity index (χ0n) is 18.1. The lowest BCUT2D eigenvalue weighted by molar-refractivity contribution is 0.0331. The summed E-state index contributed by atoms with van der Waals surface area (Å²) in [7, 11) is 0. The van der Waals surface area contributed by atoms with Crippen LogP contribution in [0.15, 0.2) is 54.9 Å². The predicted octanol–water partition coefficient (Wildman–Crippen LogP) is 3.21. The van der Waals surface area contributed by atoms with Gasteiger partial charge in [0, 0.05) is 30.4 Å². The summed E-state index contributed by atoms with van der Waals surface area (Å²) in [6, 6.07) is 11.0. The van der Waals surface area contributed by atoms with Crippen LogP contribution in [0.3, 0.4) is 0 Å². The average Bonchev–Trinajstić information content (AvgIpc) is 3.28. The number of rotatable bonds is 6. The van der Waals surface area contributed by atoms with Gasteiger partial charge < -0.3 is 10.1 Å². The van der Waals surface area contributed by atoms with Gasteiger partial charge in [-0.25, -0.2) is 28.2 Å². The van der Waals surface area contributed by atoms with Gasteiger partial charge in [-0.3, -0.25) is 9.69 Å². The van der Waals surface area contributed by atoms with Gasteiger partial charge in [-0.05, 0) is 18.2 Å². The van der Waals surface area contributed by atoms with E-state index in [4.69, 9.17) is 4.74 Å². The molecule has 34 heavy (non-hydrogen) atoms. The van der Waals surface area contributed by atoms with Crippen LogP contribution in [-0.2, 0) is 11.3 Å². The molecule has 0 atom stereocenters. The van der Waals surface area contributed by atoms with E-state index in [0.29, 0.717) is 48.3 Å². The minimum absolute atomic E-state index is 0.130. The molecular formula is C23H21F2N7O2. The van der Waals surface area contributed by atoms with E-state index in [0.717, 1.165) is 13.1 Å². The summed E-state index contributed by atoms with van der Waals surface area (Å²) in [6.45, 7) is 3.48. The Labute approximate surface area is 193 Å². The van der Waals surface area contributed by atoms with Gasteiger partial charge >= 0.3 is 0 Å². The number of carbonyl (C=O) groups is 1. The van der Waals surface area contributed by atoms with Gasteiger partial charge in [-0.1, -0.05) is 24.3 Å². The van der Waals surface area contributed by atoms with Crippen LogP contribution in [0.5, 0.6) is 0 Å². The highest BCUT2D eigenvalue weighted by Crippen LogP contribution is 2.30. The van der Waals surface area contributed by atoms with E-state index in [-0.39, 0.29) is 11.3 Å². The van der Waals surface area contributed by atoms with Crippen molar-refractivity contribution in [2.45, 2.75) is 13.0 Å². The number of aromatic nitrogens is 5. The third kappa shape index (κ3) is 4.61. The highest BCUT2D eigenvalue weighted by molar-refractivity contribution is 6.02. The number of halogens is 2. The number of nitrogens with one attached hydrogen (secondary N) is 1. The van der Waals surface area contributed by atoms with E-state index in [2.05, 4.69) is 30.3 Å². The predicted molar refractivity (Wildman–Crippen MR) is 119 cm³/mol. The molecule has 11 heteroatoms. The van der Waals surface area contributed by atoms with E-state index in [1.807, 2.05) is 0 Å². The fourth-order valence-corrected chi connectivity index (χ4v) is 3.78. The largest absolute Gasteiger partial charge is 0.379 e. The number of amides is 1. The molecule has 1 aliphatic rings. The number of fused-ring (bicyclic) bond motifs is 1. The lowest BCUT2D eigenvalue weighted by Gasteiger charge is -2.25. The topological polar surface area (TPSA) is 97.5 Å². The number of morpholine rings is 1. The van der Waals surface area contributed by atoms with Crippen molar-refractivity contribution in [3.63, 3.8) is 0 Å². The average molecular weight is 465 g/mol. The molecule has 1 saturated heterocycles. The second-order valence-corrected chi connectivity index (χ2v) is 7.72. The Hall–Kier alpha value is -3.83. The Balaban J connectivity index is 1.39. The van der Waals surface area contributed by atoms with Crippen LogP contribution in [0.4, 0.5) is 14.6 Å². The summed E-state index contributed by atoms with van der Waals surface area (Å²) in [5.41, 5.74) is 1.04. The first-order valence-corrected chi connectivity index (χ1v) is 10.7. The van der Waals surface area contributed by atoms with Crippen molar-refractivity contribution >= 4 is 17.4 Å². The maximum absolute atomic E-state index is 13.5. The highest BCUT2D eigenvalue weighted by Gasteiger charge is 2.19. The van der Waals surface area contributed by atoms with Gasteiger partial charge in [-0.15, -0.1) is 0 Å². The quantitative estimate of drug-likeness (QED) is 0.467. The zero-order chi connectivity index (χ0) is 23.5. The minimum Gasteiger partial charge on any atom is -0.379 e. The number of alkyl halides is 2. The normalized spacial score (nSPS) is 14.6. The Morgan fingerprint density at radius 3 is 2.74 bits per heavy atom. The van der Waals surface area contributed by atoms with Crippen molar-refractivity contribution in [3.05, 3.63) is 71.9 Å². The van der Waals surface area contributed by atoms with Crippen LogP contribution in [0, 0.1) is 0 Å². The molecule has 5 rings (SSSR count). The number of hydrogen-bond donors (Lipinski definition) is 1. The Morgan fingerprint density at radius 2 is 1.91 bits per heavy atom. The molecule has 0 spiro atoms. The van der Waals surface area contributed by atoms with E-state index < -0.39 is 12.3 Å². The number of benzene rings is 1. The van der Waals surface area contributed by atoms with Gasteiger partial charge in [0.15, 0.2) is 11.3 Å². The Kier molecular flexibility index (Phi) is 6.19. The van der Waals surface area contributed by atoms with Crippen LogP contribution < -0.4 is 5.32 Å². The van der Waals surface area contributed by atoms with Gasteiger partial charge in [0.25, 0.3) is 12.3 Å². The van der Waals surface area contributed by atoms with Crippen LogP contribution in [0.2, 0.25) is 0 Å². The van der Waals surface area contributed by atoms with Crippen LogP contribution in [0.1, 0.15) is 28.3 Å². The molecule has 174 valence electrons. The lowest BCUT2D eigenvalue weighted by Crippen LogP contribution is -2.36. The molecular weight excluding hydrogens is 444 g/mol. The summed E-state index contributed by atoms with van der Waals surface area (Å²) in [5.74, 6) is 0.453. The second kappa shape index (κ2) is 9.57. The summed E-state index contributed by atoms with van der Waals surface area (Å²) in [4.78, 5) is 28.1. The van der Waals surface area contributed by atoms with Crippen molar-refractivity contribution in [1.29, 1.82) is 0 Å². The number of nitrogens with zero attached hydrogens (tertiary/aromatic N) is 6. The molecule has 0 saturated carbocycles. The van der Waals surface area contributed by atoms with Crippen molar-refractivity contribution in [2.24, 2.45) is 0 Å². The lowest BCUT2D eigenvalue weighted by atomic mass is 10.0. The molecule has 0 unspecified atom stereocenters. The first-order chi connectivity index (χ1) is 16.6. The maximum atomic E-state index is 13.5.